The predicted octanol–water partition coefficient (Wildman–Crippen LogP) is 7.76. The minimum Gasteiger partial charge on any atom is -0.478 e. The fraction of sp³-hybridized carbons (Fsp3) is 0.0312. The Morgan fingerprint density at radius 2 is 1.58 bits per heavy atom. The van der Waals surface area contributed by atoms with Gasteiger partial charge in [0, 0.05) is 29.5 Å². The highest BCUT2D eigenvalue weighted by atomic mass is 16.4. The third kappa shape index (κ3) is 4.10. The summed E-state index contributed by atoms with van der Waals surface area (Å²) in [5.41, 5.74) is 6.85. The average molecular weight is 469 g/mol. The van der Waals surface area contributed by atoms with Crippen molar-refractivity contribution in [2.75, 3.05) is 5.32 Å². The summed E-state index contributed by atoms with van der Waals surface area (Å²) in [6, 6.07) is 39.0. The van der Waals surface area contributed by atoms with Gasteiger partial charge in [-0.1, -0.05) is 66.7 Å². The van der Waals surface area contributed by atoms with E-state index in [1.54, 1.807) is 18.2 Å². The van der Waals surface area contributed by atoms with Crippen LogP contribution in [-0.4, -0.2) is 15.6 Å². The third-order valence-electron chi connectivity index (χ3n) is 6.59. The van der Waals surface area contributed by atoms with Gasteiger partial charge >= 0.3 is 5.97 Å². The van der Waals surface area contributed by atoms with E-state index in [0.29, 0.717) is 6.54 Å². The van der Waals surface area contributed by atoms with E-state index >= 15 is 0 Å². The van der Waals surface area contributed by atoms with Gasteiger partial charge in [0.15, 0.2) is 0 Å². The molecule has 0 aliphatic carbocycles. The number of carboxylic acid groups (broad SMARTS) is 1. The van der Waals surface area contributed by atoms with E-state index in [1.165, 1.54) is 27.3 Å². The Morgan fingerprint density at radius 1 is 0.750 bits per heavy atom. The van der Waals surface area contributed by atoms with Crippen molar-refractivity contribution in [3.8, 4) is 16.8 Å². The summed E-state index contributed by atoms with van der Waals surface area (Å²) in [6.45, 7) is 0.599. The van der Waals surface area contributed by atoms with E-state index in [1.807, 2.05) is 6.07 Å². The number of hydrogen-bond acceptors (Lipinski definition) is 2. The van der Waals surface area contributed by atoms with Gasteiger partial charge in [0.25, 0.3) is 0 Å². The number of nitrogens with one attached hydrogen (secondary N) is 1. The average Bonchev–Trinajstić information content (AvgIpc) is 3.35. The molecule has 0 spiro atoms. The Kier molecular flexibility index (Phi) is 5.47. The molecule has 0 radical (unpaired) electrons. The van der Waals surface area contributed by atoms with Gasteiger partial charge in [-0.3, -0.25) is 0 Å². The maximum Gasteiger partial charge on any atom is 0.335 e. The molecule has 6 rings (SSSR count). The van der Waals surface area contributed by atoms with E-state index in [0.717, 1.165) is 22.5 Å². The van der Waals surface area contributed by atoms with Crippen molar-refractivity contribution < 1.29 is 9.90 Å². The van der Waals surface area contributed by atoms with Crippen molar-refractivity contribution in [2.45, 2.75) is 6.54 Å². The maximum absolute atomic E-state index is 11.2. The molecule has 174 valence electrons. The minimum atomic E-state index is -0.927. The van der Waals surface area contributed by atoms with Crippen LogP contribution in [0, 0.1) is 0 Å². The molecule has 0 fully saturated rings. The van der Waals surface area contributed by atoms with Gasteiger partial charge in [-0.15, -0.1) is 0 Å². The summed E-state index contributed by atoms with van der Waals surface area (Å²) >= 11 is 0. The summed E-state index contributed by atoms with van der Waals surface area (Å²) in [5.74, 6) is -0.927. The number of anilines is 1. The lowest BCUT2D eigenvalue weighted by Crippen LogP contribution is -2.02. The molecule has 2 N–H and O–H groups in total. The van der Waals surface area contributed by atoms with Crippen LogP contribution in [0.4, 0.5) is 5.69 Å². The molecular formula is C32H24N2O2. The molecule has 36 heavy (non-hydrogen) atoms. The molecule has 6 aromatic rings. The molecule has 0 unspecified atom stereocenters. The standard InChI is InChI=1S/C32H24N2O2/c35-32(36)26-9-4-10-27(20-26)33-21-22-6-3-11-28(18-22)34-17-16-25-19-24(14-15-31(25)34)30-13-5-8-23-7-1-2-12-29(23)30/h1-20,33H,21H2,(H,35,36). The fourth-order valence-electron chi connectivity index (χ4n) is 4.79. The summed E-state index contributed by atoms with van der Waals surface area (Å²) < 4.78 is 2.21. The van der Waals surface area contributed by atoms with E-state index < -0.39 is 5.97 Å². The largest absolute Gasteiger partial charge is 0.478 e. The molecule has 4 heteroatoms. The molecular weight excluding hydrogens is 444 g/mol. The highest BCUT2D eigenvalue weighted by Gasteiger charge is 2.09. The highest BCUT2D eigenvalue weighted by Crippen LogP contribution is 2.32. The first-order valence-electron chi connectivity index (χ1n) is 11.9. The Hall–Kier alpha value is -4.83. The summed E-state index contributed by atoms with van der Waals surface area (Å²) in [7, 11) is 0. The zero-order valence-corrected chi connectivity index (χ0v) is 19.6. The first-order valence-corrected chi connectivity index (χ1v) is 11.9. The predicted molar refractivity (Wildman–Crippen MR) is 147 cm³/mol. The molecule has 0 amide bonds. The van der Waals surface area contributed by atoms with Gasteiger partial charge in [-0.05, 0) is 76.0 Å². The second-order valence-electron chi connectivity index (χ2n) is 8.90. The normalized spacial score (nSPS) is 11.1. The Balaban J connectivity index is 1.29. The van der Waals surface area contributed by atoms with Crippen molar-refractivity contribution in [3.63, 3.8) is 0 Å². The van der Waals surface area contributed by atoms with Crippen LogP contribution in [0.2, 0.25) is 0 Å². The topological polar surface area (TPSA) is 54.3 Å². The molecule has 0 saturated carbocycles. The molecule has 4 nitrogen and oxygen atoms in total. The third-order valence-corrected chi connectivity index (χ3v) is 6.59. The molecule has 0 atom stereocenters. The van der Waals surface area contributed by atoms with Gasteiger partial charge in [-0.2, -0.15) is 0 Å². The lowest BCUT2D eigenvalue weighted by molar-refractivity contribution is 0.0697. The van der Waals surface area contributed by atoms with Crippen molar-refractivity contribution in [1.29, 1.82) is 0 Å². The van der Waals surface area contributed by atoms with Crippen molar-refractivity contribution in [3.05, 3.63) is 133 Å². The van der Waals surface area contributed by atoms with Gasteiger partial charge in [0.2, 0.25) is 0 Å². The number of rotatable bonds is 6. The SMILES string of the molecule is O=C(O)c1cccc(NCc2cccc(-n3ccc4cc(-c5cccc6ccccc56)ccc43)c2)c1. The number of carboxylic acids is 1. The van der Waals surface area contributed by atoms with Gasteiger partial charge in [-0.25, -0.2) is 4.79 Å². The van der Waals surface area contributed by atoms with E-state index in [-0.39, 0.29) is 5.56 Å². The Labute approximate surface area is 209 Å². The van der Waals surface area contributed by atoms with Crippen LogP contribution >= 0.6 is 0 Å². The van der Waals surface area contributed by atoms with Gasteiger partial charge in [0.1, 0.15) is 0 Å². The smallest absolute Gasteiger partial charge is 0.335 e. The summed E-state index contributed by atoms with van der Waals surface area (Å²) in [5, 5.41) is 16.2. The van der Waals surface area contributed by atoms with Crippen molar-refractivity contribution in [1.82, 2.24) is 4.57 Å². The maximum atomic E-state index is 11.2. The van der Waals surface area contributed by atoms with Crippen LogP contribution in [0.5, 0.6) is 0 Å². The molecule has 5 aromatic carbocycles. The van der Waals surface area contributed by atoms with Crippen LogP contribution in [0.3, 0.4) is 0 Å². The molecule has 0 aliphatic heterocycles. The number of aromatic nitrogens is 1. The van der Waals surface area contributed by atoms with E-state index in [2.05, 4.69) is 107 Å². The van der Waals surface area contributed by atoms with Crippen LogP contribution in [-0.2, 0) is 6.54 Å². The fourth-order valence-corrected chi connectivity index (χ4v) is 4.79. The minimum absolute atomic E-state index is 0.274. The quantitative estimate of drug-likeness (QED) is 0.263. The summed E-state index contributed by atoms with van der Waals surface area (Å²) in [6.07, 6.45) is 2.11. The summed E-state index contributed by atoms with van der Waals surface area (Å²) in [4.78, 5) is 11.2. The number of nitrogens with zero attached hydrogens (tertiary/aromatic N) is 1. The van der Waals surface area contributed by atoms with Crippen LogP contribution in [0.25, 0.3) is 38.5 Å². The number of fused-ring (bicyclic) bond motifs is 2. The molecule has 0 aliphatic rings. The van der Waals surface area contributed by atoms with Gasteiger partial charge < -0.3 is 15.0 Å². The lowest BCUT2D eigenvalue weighted by atomic mass is 9.97. The Morgan fingerprint density at radius 3 is 2.50 bits per heavy atom. The number of aromatic carboxylic acids is 1. The monoisotopic (exact) mass is 468 g/mol. The highest BCUT2D eigenvalue weighted by molar-refractivity contribution is 5.99. The lowest BCUT2D eigenvalue weighted by Gasteiger charge is -2.11. The van der Waals surface area contributed by atoms with Crippen molar-refractivity contribution >= 4 is 33.3 Å². The molecule has 0 saturated heterocycles. The van der Waals surface area contributed by atoms with Gasteiger partial charge in [0.05, 0.1) is 11.1 Å². The zero-order valence-electron chi connectivity index (χ0n) is 19.6. The van der Waals surface area contributed by atoms with E-state index in [4.69, 9.17) is 0 Å². The van der Waals surface area contributed by atoms with E-state index in [9.17, 15) is 9.90 Å². The second-order valence-corrected chi connectivity index (χ2v) is 8.90. The Bertz CT molecular complexity index is 1730. The number of benzene rings is 5. The molecule has 1 aromatic heterocycles. The molecule has 0 bridgehead atoms. The van der Waals surface area contributed by atoms with Crippen LogP contribution in [0.15, 0.2) is 121 Å². The second kappa shape index (κ2) is 9.08. The first kappa shape index (κ1) is 21.7. The zero-order chi connectivity index (χ0) is 24.5. The van der Waals surface area contributed by atoms with Crippen LogP contribution < -0.4 is 5.32 Å². The van der Waals surface area contributed by atoms with Crippen molar-refractivity contribution in [2.24, 2.45) is 0 Å². The number of carbonyl (C=O) groups is 1. The number of hydrogen-bond donors (Lipinski definition) is 2. The molecule has 1 heterocycles. The van der Waals surface area contributed by atoms with Crippen LogP contribution in [0.1, 0.15) is 15.9 Å². The first-order chi connectivity index (χ1) is 17.7.